The van der Waals surface area contributed by atoms with Crippen LogP contribution in [0.25, 0.3) is 0 Å². The summed E-state index contributed by atoms with van der Waals surface area (Å²) in [5.74, 6) is 0.0394. The number of benzene rings is 1. The number of hydrogen-bond acceptors (Lipinski definition) is 3. The summed E-state index contributed by atoms with van der Waals surface area (Å²) >= 11 is 0. The van der Waals surface area contributed by atoms with E-state index in [4.69, 9.17) is 5.73 Å². The van der Waals surface area contributed by atoms with Crippen LogP contribution in [0, 0.1) is 0 Å². The van der Waals surface area contributed by atoms with Crippen molar-refractivity contribution in [1.82, 2.24) is 5.32 Å². The van der Waals surface area contributed by atoms with Gasteiger partial charge in [-0.3, -0.25) is 4.79 Å². The van der Waals surface area contributed by atoms with E-state index >= 15 is 0 Å². The second-order valence-corrected chi connectivity index (χ2v) is 5.96. The van der Waals surface area contributed by atoms with Crippen LogP contribution in [-0.4, -0.2) is 23.2 Å². The molecule has 1 aromatic rings. The zero-order valence-corrected chi connectivity index (χ0v) is 11.0. The molecule has 0 unspecified atom stereocenters. The molecule has 0 radical (unpaired) electrons. The molecule has 0 aromatic heterocycles. The number of aliphatic hydroxyl groups is 1. The summed E-state index contributed by atoms with van der Waals surface area (Å²) < 4.78 is 0. The second-order valence-electron chi connectivity index (χ2n) is 5.96. The third-order valence-electron chi connectivity index (χ3n) is 4.51. The van der Waals surface area contributed by atoms with Crippen molar-refractivity contribution in [1.29, 1.82) is 0 Å². The first kappa shape index (κ1) is 12.5. The Morgan fingerprint density at radius 1 is 1.21 bits per heavy atom. The van der Waals surface area contributed by atoms with E-state index < -0.39 is 5.60 Å². The van der Waals surface area contributed by atoms with Crippen molar-refractivity contribution >= 4 is 11.6 Å². The van der Waals surface area contributed by atoms with E-state index in [1.54, 1.807) is 0 Å². The van der Waals surface area contributed by atoms with Crippen LogP contribution in [0.5, 0.6) is 0 Å². The maximum atomic E-state index is 12.3. The van der Waals surface area contributed by atoms with Crippen LogP contribution in [0.1, 0.15) is 37.7 Å². The molecule has 0 spiro atoms. The van der Waals surface area contributed by atoms with Gasteiger partial charge < -0.3 is 16.2 Å². The molecule has 2 aliphatic rings. The highest BCUT2D eigenvalue weighted by Gasteiger charge is 2.51. The third-order valence-corrected chi connectivity index (χ3v) is 4.51. The lowest BCUT2D eigenvalue weighted by atomic mass is 9.80. The lowest BCUT2D eigenvalue weighted by Crippen LogP contribution is -2.49. The lowest BCUT2D eigenvalue weighted by Gasteiger charge is -2.37. The number of amides is 1. The third kappa shape index (κ3) is 2.21. The highest BCUT2D eigenvalue weighted by Crippen LogP contribution is 2.48. The standard InChI is InChI=1S/C15H20N2O2/c16-12-4-2-11(3-5-12)15(8-9-15)13(18)17-10-14(19)6-1-7-14/h2-5,19H,1,6-10,16H2,(H,17,18). The molecule has 4 nitrogen and oxygen atoms in total. The van der Waals surface area contributed by atoms with Gasteiger partial charge in [0, 0.05) is 12.2 Å². The molecule has 0 bridgehead atoms. The average Bonchev–Trinajstić information content (AvgIpc) is 3.16. The van der Waals surface area contributed by atoms with Crippen LogP contribution in [0.4, 0.5) is 5.69 Å². The molecule has 1 aromatic carbocycles. The maximum Gasteiger partial charge on any atom is 0.230 e. The van der Waals surface area contributed by atoms with Gasteiger partial charge >= 0.3 is 0 Å². The fourth-order valence-electron chi connectivity index (χ4n) is 2.75. The first-order valence-electron chi connectivity index (χ1n) is 6.91. The number of carbonyl (C=O) groups excluding carboxylic acids is 1. The average molecular weight is 260 g/mol. The number of anilines is 1. The van der Waals surface area contributed by atoms with E-state index in [0.29, 0.717) is 12.2 Å². The molecule has 2 fully saturated rings. The van der Waals surface area contributed by atoms with Crippen LogP contribution in [0.15, 0.2) is 24.3 Å². The smallest absolute Gasteiger partial charge is 0.230 e. The van der Waals surface area contributed by atoms with Gasteiger partial charge in [-0.1, -0.05) is 12.1 Å². The number of nitrogens with two attached hydrogens (primary N) is 1. The molecule has 0 heterocycles. The SMILES string of the molecule is Nc1ccc(C2(C(=O)NCC3(O)CCC3)CC2)cc1. The van der Waals surface area contributed by atoms with Crippen molar-refractivity contribution < 1.29 is 9.90 Å². The Hall–Kier alpha value is -1.55. The largest absolute Gasteiger partial charge is 0.399 e. The number of nitrogen functional groups attached to an aromatic ring is 1. The Morgan fingerprint density at radius 2 is 1.84 bits per heavy atom. The van der Waals surface area contributed by atoms with Crippen LogP contribution >= 0.6 is 0 Å². The molecule has 4 N–H and O–H groups in total. The molecule has 1 amide bonds. The summed E-state index contributed by atoms with van der Waals surface area (Å²) in [6, 6.07) is 7.53. The van der Waals surface area contributed by atoms with Crippen LogP contribution in [0.3, 0.4) is 0 Å². The molecule has 2 aliphatic carbocycles. The van der Waals surface area contributed by atoms with Gasteiger partial charge in [-0.05, 0) is 49.8 Å². The van der Waals surface area contributed by atoms with Crippen molar-refractivity contribution in [3.05, 3.63) is 29.8 Å². The molecule has 3 rings (SSSR count). The summed E-state index contributed by atoms with van der Waals surface area (Å²) in [6.45, 7) is 0.378. The maximum absolute atomic E-state index is 12.3. The monoisotopic (exact) mass is 260 g/mol. The minimum absolute atomic E-state index is 0.0394. The highest BCUT2D eigenvalue weighted by molar-refractivity contribution is 5.91. The Kier molecular flexibility index (Phi) is 2.78. The van der Waals surface area contributed by atoms with Crippen LogP contribution < -0.4 is 11.1 Å². The number of nitrogens with one attached hydrogen (secondary N) is 1. The van der Waals surface area contributed by atoms with E-state index in [0.717, 1.165) is 37.7 Å². The number of rotatable bonds is 4. The van der Waals surface area contributed by atoms with Gasteiger partial charge in [0.05, 0.1) is 11.0 Å². The molecule has 2 saturated carbocycles. The van der Waals surface area contributed by atoms with Crippen LogP contribution in [0.2, 0.25) is 0 Å². The van der Waals surface area contributed by atoms with Gasteiger partial charge in [-0.2, -0.15) is 0 Å². The summed E-state index contributed by atoms with van der Waals surface area (Å²) in [7, 11) is 0. The van der Waals surface area contributed by atoms with Crippen molar-refractivity contribution in [3.63, 3.8) is 0 Å². The van der Waals surface area contributed by atoms with Gasteiger partial charge in [0.2, 0.25) is 5.91 Å². The zero-order valence-electron chi connectivity index (χ0n) is 11.0. The van der Waals surface area contributed by atoms with Crippen molar-refractivity contribution in [3.8, 4) is 0 Å². The molecule has 19 heavy (non-hydrogen) atoms. The number of carbonyl (C=O) groups is 1. The number of hydrogen-bond donors (Lipinski definition) is 3. The second kappa shape index (κ2) is 4.23. The summed E-state index contributed by atoms with van der Waals surface area (Å²) in [6.07, 6.45) is 4.39. The zero-order chi connectivity index (χ0) is 13.5. The lowest BCUT2D eigenvalue weighted by molar-refractivity contribution is -0.126. The van der Waals surface area contributed by atoms with E-state index in [2.05, 4.69) is 5.32 Å². The molecule has 4 heteroatoms. The van der Waals surface area contributed by atoms with Crippen molar-refractivity contribution in [2.24, 2.45) is 0 Å². The van der Waals surface area contributed by atoms with Crippen molar-refractivity contribution in [2.45, 2.75) is 43.1 Å². The van der Waals surface area contributed by atoms with Gasteiger partial charge in [0.25, 0.3) is 0 Å². The van der Waals surface area contributed by atoms with E-state index in [1.807, 2.05) is 24.3 Å². The van der Waals surface area contributed by atoms with Gasteiger partial charge in [0.1, 0.15) is 0 Å². The minimum Gasteiger partial charge on any atom is -0.399 e. The topological polar surface area (TPSA) is 75.4 Å². The van der Waals surface area contributed by atoms with Crippen LogP contribution in [-0.2, 0) is 10.2 Å². The molecule has 102 valence electrons. The summed E-state index contributed by atoms with van der Waals surface area (Å²) in [4.78, 5) is 12.3. The summed E-state index contributed by atoms with van der Waals surface area (Å²) in [5.41, 5.74) is 6.37. The van der Waals surface area contributed by atoms with Gasteiger partial charge in [-0.25, -0.2) is 0 Å². The minimum atomic E-state index is -0.660. The Bertz CT molecular complexity index is 487. The molecule has 0 saturated heterocycles. The summed E-state index contributed by atoms with van der Waals surface area (Å²) in [5, 5.41) is 12.9. The highest BCUT2D eigenvalue weighted by atomic mass is 16.3. The van der Waals surface area contributed by atoms with E-state index in [9.17, 15) is 9.90 Å². The van der Waals surface area contributed by atoms with Crippen molar-refractivity contribution in [2.75, 3.05) is 12.3 Å². The van der Waals surface area contributed by atoms with Gasteiger partial charge in [-0.15, -0.1) is 0 Å². The molecular formula is C15H20N2O2. The predicted molar refractivity (Wildman–Crippen MR) is 73.6 cm³/mol. The fourth-order valence-corrected chi connectivity index (χ4v) is 2.75. The first-order chi connectivity index (χ1) is 9.04. The predicted octanol–water partition coefficient (Wildman–Crippen LogP) is 1.33. The van der Waals surface area contributed by atoms with Gasteiger partial charge in [0.15, 0.2) is 0 Å². The Balaban J connectivity index is 1.67. The Labute approximate surface area is 113 Å². The quantitative estimate of drug-likeness (QED) is 0.715. The molecule has 0 atom stereocenters. The Morgan fingerprint density at radius 3 is 2.32 bits per heavy atom. The normalized spacial score (nSPS) is 22.4. The first-order valence-corrected chi connectivity index (χ1v) is 6.91. The van der Waals surface area contributed by atoms with E-state index in [-0.39, 0.29) is 11.3 Å². The van der Waals surface area contributed by atoms with E-state index in [1.165, 1.54) is 0 Å². The molecular weight excluding hydrogens is 240 g/mol. The molecule has 0 aliphatic heterocycles. The fraction of sp³-hybridized carbons (Fsp3) is 0.533.